The highest BCUT2D eigenvalue weighted by Gasteiger charge is 2.24. The van der Waals surface area contributed by atoms with Crippen LogP contribution in [0, 0.1) is 0 Å². The largest absolute Gasteiger partial charge is 0.324 e. The molecule has 1 fully saturated rings. The highest BCUT2D eigenvalue weighted by molar-refractivity contribution is 9.10. The second-order valence-corrected chi connectivity index (χ2v) is 7.78. The Morgan fingerprint density at radius 2 is 2.00 bits per heavy atom. The van der Waals surface area contributed by atoms with Crippen molar-refractivity contribution in [3.05, 3.63) is 63.6 Å². The van der Waals surface area contributed by atoms with Crippen molar-refractivity contribution < 1.29 is 9.59 Å². The summed E-state index contributed by atoms with van der Waals surface area (Å²) in [5, 5.41) is 3.37. The minimum atomic E-state index is -0.231. The van der Waals surface area contributed by atoms with E-state index in [0.29, 0.717) is 35.2 Å². The molecule has 8 heteroatoms. The number of aryl methyl sites for hydroxylation is 1. The van der Waals surface area contributed by atoms with Gasteiger partial charge in [0.1, 0.15) is 0 Å². The van der Waals surface area contributed by atoms with E-state index in [1.165, 1.54) is 10.9 Å². The van der Waals surface area contributed by atoms with Crippen LogP contribution >= 0.6 is 15.9 Å². The van der Waals surface area contributed by atoms with Gasteiger partial charge in [-0.1, -0.05) is 28.1 Å². The third-order valence-corrected chi connectivity index (χ3v) is 5.40. The molecular formula is C21H19BrN4O3. The van der Waals surface area contributed by atoms with Crippen LogP contribution in [-0.4, -0.2) is 27.9 Å². The van der Waals surface area contributed by atoms with Crippen molar-refractivity contribution in [2.75, 3.05) is 16.8 Å². The molecule has 7 nitrogen and oxygen atoms in total. The Balaban J connectivity index is 1.48. The summed E-state index contributed by atoms with van der Waals surface area (Å²) in [5.41, 5.74) is 1.73. The summed E-state index contributed by atoms with van der Waals surface area (Å²) in [5.74, 6) is -0.169. The van der Waals surface area contributed by atoms with Gasteiger partial charge in [0.25, 0.3) is 5.56 Å². The minimum absolute atomic E-state index is 0.0617. The highest BCUT2D eigenvalue weighted by Crippen LogP contribution is 2.29. The van der Waals surface area contributed by atoms with E-state index in [2.05, 4.69) is 26.2 Å². The van der Waals surface area contributed by atoms with Gasteiger partial charge in [0, 0.05) is 30.4 Å². The smallest absolute Gasteiger partial charge is 0.261 e. The first-order valence-corrected chi connectivity index (χ1v) is 10.2. The fourth-order valence-electron chi connectivity index (χ4n) is 3.44. The first-order chi connectivity index (χ1) is 14.0. The number of rotatable bonds is 5. The molecule has 0 saturated carbocycles. The van der Waals surface area contributed by atoms with Crippen molar-refractivity contribution in [2.24, 2.45) is 0 Å². The lowest BCUT2D eigenvalue weighted by Crippen LogP contribution is -2.26. The van der Waals surface area contributed by atoms with Gasteiger partial charge >= 0.3 is 0 Å². The van der Waals surface area contributed by atoms with Crippen LogP contribution in [-0.2, 0) is 16.1 Å². The van der Waals surface area contributed by atoms with Crippen LogP contribution in [0.1, 0.15) is 19.3 Å². The molecular weight excluding hydrogens is 436 g/mol. The van der Waals surface area contributed by atoms with Gasteiger partial charge in [0.15, 0.2) is 0 Å². The van der Waals surface area contributed by atoms with E-state index in [9.17, 15) is 14.4 Å². The zero-order valence-corrected chi connectivity index (χ0v) is 17.2. The Kier molecular flexibility index (Phi) is 5.44. The molecule has 1 aliphatic heterocycles. The molecule has 0 radical (unpaired) electrons. The van der Waals surface area contributed by atoms with Crippen molar-refractivity contribution in [3.63, 3.8) is 0 Å². The second kappa shape index (κ2) is 8.16. The van der Waals surface area contributed by atoms with E-state index in [1.54, 1.807) is 23.1 Å². The summed E-state index contributed by atoms with van der Waals surface area (Å²) in [4.78, 5) is 43.2. The molecule has 3 aromatic rings. The van der Waals surface area contributed by atoms with E-state index < -0.39 is 0 Å². The van der Waals surface area contributed by atoms with Crippen LogP contribution in [0.3, 0.4) is 0 Å². The van der Waals surface area contributed by atoms with E-state index in [0.717, 1.165) is 10.9 Å². The number of nitrogens with one attached hydrogen (secondary N) is 1. The summed E-state index contributed by atoms with van der Waals surface area (Å²) >= 11 is 3.36. The quantitative estimate of drug-likeness (QED) is 0.640. The van der Waals surface area contributed by atoms with Gasteiger partial charge in [-0.05, 0) is 36.8 Å². The van der Waals surface area contributed by atoms with Crippen molar-refractivity contribution in [2.45, 2.75) is 25.8 Å². The number of fused-ring (bicyclic) bond motifs is 1. The molecule has 29 heavy (non-hydrogen) atoms. The van der Waals surface area contributed by atoms with Gasteiger partial charge in [0.2, 0.25) is 11.8 Å². The number of aromatic nitrogens is 2. The van der Waals surface area contributed by atoms with Gasteiger partial charge in [-0.25, -0.2) is 4.98 Å². The van der Waals surface area contributed by atoms with Crippen LogP contribution in [0.4, 0.5) is 11.4 Å². The van der Waals surface area contributed by atoms with Crippen molar-refractivity contribution >= 4 is 50.0 Å². The monoisotopic (exact) mass is 454 g/mol. The molecule has 0 aliphatic carbocycles. The average molecular weight is 455 g/mol. The summed E-state index contributed by atoms with van der Waals surface area (Å²) in [6, 6.07) is 12.6. The molecule has 1 aliphatic rings. The average Bonchev–Trinajstić information content (AvgIpc) is 3.14. The Hall–Kier alpha value is -3.00. The lowest BCUT2D eigenvalue weighted by molar-refractivity contribution is -0.117. The third kappa shape index (κ3) is 4.07. The first kappa shape index (κ1) is 19.3. The summed E-state index contributed by atoms with van der Waals surface area (Å²) in [6.07, 6.45) is 2.91. The molecule has 2 heterocycles. The fraction of sp³-hybridized carbons (Fsp3) is 0.238. The summed E-state index contributed by atoms with van der Waals surface area (Å²) in [7, 11) is 0. The molecule has 1 aromatic heterocycles. The first-order valence-electron chi connectivity index (χ1n) is 9.37. The predicted molar refractivity (Wildman–Crippen MR) is 115 cm³/mol. The number of hydrogen-bond acceptors (Lipinski definition) is 4. The molecule has 0 bridgehead atoms. The van der Waals surface area contributed by atoms with E-state index >= 15 is 0 Å². The number of hydrogen-bond donors (Lipinski definition) is 1. The topological polar surface area (TPSA) is 84.3 Å². The molecule has 0 spiro atoms. The van der Waals surface area contributed by atoms with Gasteiger partial charge in [-0.3, -0.25) is 19.0 Å². The summed E-state index contributed by atoms with van der Waals surface area (Å²) in [6.45, 7) is 0.865. The number of benzene rings is 2. The van der Waals surface area contributed by atoms with Crippen LogP contribution in [0.15, 0.2) is 58.1 Å². The standard InChI is InChI=1S/C21H19BrN4O3/c22-14-7-8-16-15(12-14)21(29)25(13-23-16)11-9-19(27)24-17-4-1-2-5-18(17)26-10-3-6-20(26)28/h1-2,4-5,7-8,12-13H,3,6,9-11H2,(H,24,27). The second-order valence-electron chi connectivity index (χ2n) is 6.87. The van der Waals surface area contributed by atoms with Crippen LogP contribution in [0.2, 0.25) is 0 Å². The zero-order valence-electron chi connectivity index (χ0n) is 15.6. The number of carbonyl (C=O) groups excluding carboxylic acids is 2. The van der Waals surface area contributed by atoms with E-state index in [1.807, 2.05) is 24.3 Å². The van der Waals surface area contributed by atoms with Crippen LogP contribution < -0.4 is 15.8 Å². The number of para-hydroxylation sites is 2. The molecule has 4 rings (SSSR count). The normalized spacial score (nSPS) is 13.8. The lowest BCUT2D eigenvalue weighted by atomic mass is 10.2. The highest BCUT2D eigenvalue weighted by atomic mass is 79.9. The van der Waals surface area contributed by atoms with Gasteiger partial charge < -0.3 is 10.2 Å². The van der Waals surface area contributed by atoms with Crippen molar-refractivity contribution in [1.82, 2.24) is 9.55 Å². The number of amides is 2. The molecule has 2 amide bonds. The Morgan fingerprint density at radius 3 is 2.79 bits per heavy atom. The molecule has 0 atom stereocenters. The lowest BCUT2D eigenvalue weighted by Gasteiger charge is -2.20. The number of nitrogens with zero attached hydrogens (tertiary/aromatic N) is 3. The molecule has 2 aromatic carbocycles. The van der Waals surface area contributed by atoms with Gasteiger partial charge in [0.05, 0.1) is 28.6 Å². The predicted octanol–water partition coefficient (Wildman–Crippen LogP) is 3.31. The van der Waals surface area contributed by atoms with Crippen LogP contribution in [0.5, 0.6) is 0 Å². The van der Waals surface area contributed by atoms with Gasteiger partial charge in [-0.15, -0.1) is 0 Å². The van der Waals surface area contributed by atoms with E-state index in [-0.39, 0.29) is 30.3 Å². The molecule has 148 valence electrons. The molecule has 1 N–H and O–H groups in total. The van der Waals surface area contributed by atoms with Crippen molar-refractivity contribution in [1.29, 1.82) is 0 Å². The van der Waals surface area contributed by atoms with Crippen LogP contribution in [0.25, 0.3) is 10.9 Å². The maximum Gasteiger partial charge on any atom is 0.261 e. The SMILES string of the molecule is O=C(CCn1cnc2ccc(Br)cc2c1=O)Nc1ccccc1N1CCCC1=O. The van der Waals surface area contributed by atoms with E-state index in [4.69, 9.17) is 0 Å². The Bertz CT molecular complexity index is 1160. The summed E-state index contributed by atoms with van der Waals surface area (Å²) < 4.78 is 2.23. The number of anilines is 2. The number of carbonyl (C=O) groups is 2. The Morgan fingerprint density at radius 1 is 1.17 bits per heavy atom. The number of halogens is 1. The fourth-order valence-corrected chi connectivity index (χ4v) is 3.80. The van der Waals surface area contributed by atoms with Gasteiger partial charge in [-0.2, -0.15) is 0 Å². The molecule has 0 unspecified atom stereocenters. The van der Waals surface area contributed by atoms with Crippen molar-refractivity contribution in [3.8, 4) is 0 Å². The third-order valence-electron chi connectivity index (χ3n) is 4.91. The maximum absolute atomic E-state index is 12.6. The zero-order chi connectivity index (χ0) is 20.4. The molecule has 1 saturated heterocycles. The Labute approximate surface area is 175 Å². The maximum atomic E-state index is 12.6. The minimum Gasteiger partial charge on any atom is -0.324 e.